The molecule has 168 valence electrons. The summed E-state index contributed by atoms with van der Waals surface area (Å²) in [5.74, 6) is -0.850. The number of halogens is 1. The van der Waals surface area contributed by atoms with Crippen molar-refractivity contribution in [1.29, 1.82) is 0 Å². The lowest BCUT2D eigenvalue weighted by molar-refractivity contribution is -0.120. The van der Waals surface area contributed by atoms with Gasteiger partial charge in [0.25, 0.3) is 0 Å². The Labute approximate surface area is 186 Å². The summed E-state index contributed by atoms with van der Waals surface area (Å²) in [4.78, 5) is 24.6. The minimum absolute atomic E-state index is 0.0669. The van der Waals surface area contributed by atoms with Crippen LogP contribution in [-0.2, 0) is 19.6 Å². The first-order valence-electron chi connectivity index (χ1n) is 9.50. The molecule has 7 nitrogen and oxygen atoms in total. The van der Waals surface area contributed by atoms with Crippen LogP contribution in [-0.4, -0.2) is 49.6 Å². The van der Waals surface area contributed by atoms with E-state index >= 15 is 0 Å². The van der Waals surface area contributed by atoms with Crippen LogP contribution in [0.1, 0.15) is 25.5 Å². The molecule has 2 atom stereocenters. The SMILES string of the molecule is CC(SCC(=O)Nc1ccc(F)cc1)C(=O)NC(C)c1ccc(S(=O)(=O)N(C)C)cc1. The number of carbonyl (C=O) groups is 2. The number of nitrogens with one attached hydrogen (secondary N) is 2. The lowest BCUT2D eigenvalue weighted by Crippen LogP contribution is -2.34. The normalized spacial score (nSPS) is 13.5. The molecular formula is C21H26FN3O4S2. The Kier molecular flexibility index (Phi) is 8.60. The number of carbonyl (C=O) groups excluding carboxylic acids is 2. The van der Waals surface area contributed by atoms with Gasteiger partial charge in [-0.3, -0.25) is 9.59 Å². The van der Waals surface area contributed by atoms with Crippen molar-refractivity contribution in [2.45, 2.75) is 30.0 Å². The van der Waals surface area contributed by atoms with Gasteiger partial charge < -0.3 is 10.6 Å². The van der Waals surface area contributed by atoms with Gasteiger partial charge in [0.15, 0.2) is 0 Å². The minimum atomic E-state index is -3.51. The van der Waals surface area contributed by atoms with Gasteiger partial charge in [0.1, 0.15) is 5.82 Å². The lowest BCUT2D eigenvalue weighted by Gasteiger charge is -2.18. The van der Waals surface area contributed by atoms with Gasteiger partial charge in [-0.15, -0.1) is 11.8 Å². The molecule has 0 fully saturated rings. The summed E-state index contributed by atoms with van der Waals surface area (Å²) in [6, 6.07) is 11.4. The Hall–Kier alpha value is -2.43. The van der Waals surface area contributed by atoms with Crippen molar-refractivity contribution >= 4 is 39.3 Å². The van der Waals surface area contributed by atoms with Gasteiger partial charge in [0.05, 0.1) is 21.9 Å². The molecule has 2 amide bonds. The molecule has 2 aromatic rings. The number of amides is 2. The fourth-order valence-corrected chi connectivity index (χ4v) is 4.15. The van der Waals surface area contributed by atoms with Crippen LogP contribution in [0, 0.1) is 5.82 Å². The summed E-state index contributed by atoms with van der Waals surface area (Å²) in [6.45, 7) is 3.50. The van der Waals surface area contributed by atoms with E-state index in [4.69, 9.17) is 0 Å². The van der Waals surface area contributed by atoms with Crippen LogP contribution in [0.5, 0.6) is 0 Å². The molecule has 2 aromatic carbocycles. The number of anilines is 1. The van der Waals surface area contributed by atoms with Crippen molar-refractivity contribution in [3.8, 4) is 0 Å². The van der Waals surface area contributed by atoms with Crippen LogP contribution in [0.3, 0.4) is 0 Å². The molecule has 10 heteroatoms. The van der Waals surface area contributed by atoms with Gasteiger partial charge in [-0.2, -0.15) is 0 Å². The van der Waals surface area contributed by atoms with E-state index in [1.54, 1.807) is 26.0 Å². The second kappa shape index (κ2) is 10.7. The van der Waals surface area contributed by atoms with Crippen molar-refractivity contribution in [1.82, 2.24) is 9.62 Å². The molecule has 0 saturated carbocycles. The maximum Gasteiger partial charge on any atom is 0.242 e. The summed E-state index contributed by atoms with van der Waals surface area (Å²) in [6.07, 6.45) is 0. The summed E-state index contributed by atoms with van der Waals surface area (Å²) in [5.41, 5.74) is 1.25. The van der Waals surface area contributed by atoms with E-state index < -0.39 is 15.3 Å². The first-order chi connectivity index (χ1) is 14.5. The largest absolute Gasteiger partial charge is 0.349 e. The second-order valence-corrected chi connectivity index (χ2v) is 10.6. The number of sulfonamides is 1. The first kappa shape index (κ1) is 24.8. The molecule has 0 bridgehead atoms. The average molecular weight is 468 g/mol. The molecule has 2 N–H and O–H groups in total. The van der Waals surface area contributed by atoms with Crippen LogP contribution in [0.4, 0.5) is 10.1 Å². The number of hydrogen-bond acceptors (Lipinski definition) is 5. The van der Waals surface area contributed by atoms with Crippen molar-refractivity contribution in [2.75, 3.05) is 25.2 Å². The zero-order valence-corrected chi connectivity index (χ0v) is 19.4. The first-order valence-corrected chi connectivity index (χ1v) is 12.0. The highest BCUT2D eigenvalue weighted by atomic mass is 32.2. The average Bonchev–Trinajstić information content (AvgIpc) is 2.73. The van der Waals surface area contributed by atoms with E-state index in [1.165, 1.54) is 62.3 Å². The number of nitrogens with zero attached hydrogens (tertiary/aromatic N) is 1. The molecule has 0 aliphatic carbocycles. The molecule has 0 saturated heterocycles. The van der Waals surface area contributed by atoms with Crippen LogP contribution in [0.25, 0.3) is 0 Å². The van der Waals surface area contributed by atoms with E-state index in [-0.39, 0.29) is 34.3 Å². The number of hydrogen-bond donors (Lipinski definition) is 2. The molecule has 2 rings (SSSR count). The number of benzene rings is 2. The van der Waals surface area contributed by atoms with Gasteiger partial charge in [-0.1, -0.05) is 12.1 Å². The van der Waals surface area contributed by atoms with E-state index in [9.17, 15) is 22.4 Å². The maximum absolute atomic E-state index is 12.9. The Morgan fingerprint density at radius 2 is 1.61 bits per heavy atom. The molecular weight excluding hydrogens is 441 g/mol. The Morgan fingerprint density at radius 1 is 1.03 bits per heavy atom. The Morgan fingerprint density at radius 3 is 2.16 bits per heavy atom. The molecule has 0 spiro atoms. The van der Waals surface area contributed by atoms with Gasteiger partial charge in [0.2, 0.25) is 21.8 Å². The Balaban J connectivity index is 1.86. The highest BCUT2D eigenvalue weighted by molar-refractivity contribution is 8.01. The van der Waals surface area contributed by atoms with Crippen LogP contribution >= 0.6 is 11.8 Å². The van der Waals surface area contributed by atoms with E-state index in [2.05, 4.69) is 10.6 Å². The van der Waals surface area contributed by atoms with Crippen molar-refractivity contribution in [2.24, 2.45) is 0 Å². The number of thioether (sulfide) groups is 1. The fourth-order valence-electron chi connectivity index (χ4n) is 2.56. The third-order valence-corrected chi connectivity index (χ3v) is 7.45. The molecule has 31 heavy (non-hydrogen) atoms. The van der Waals surface area contributed by atoms with Gasteiger partial charge in [-0.05, 0) is 55.8 Å². The molecule has 0 aromatic heterocycles. The molecule has 0 aliphatic rings. The summed E-state index contributed by atoms with van der Waals surface area (Å²) < 4.78 is 38.3. The van der Waals surface area contributed by atoms with Gasteiger partial charge >= 0.3 is 0 Å². The molecule has 0 aliphatic heterocycles. The lowest BCUT2D eigenvalue weighted by atomic mass is 10.1. The predicted octanol–water partition coefficient (Wildman–Crippen LogP) is 3.01. The standard InChI is InChI=1S/C21H26FN3O4S2/c1-14(16-5-11-19(12-6-16)31(28,29)25(3)4)23-21(27)15(2)30-13-20(26)24-18-9-7-17(22)8-10-18/h5-12,14-15H,13H2,1-4H3,(H,23,27)(H,24,26). The second-order valence-electron chi connectivity index (χ2n) is 7.10. The predicted molar refractivity (Wildman–Crippen MR) is 121 cm³/mol. The summed E-state index contributed by atoms with van der Waals surface area (Å²) in [5, 5.41) is 5.03. The molecule has 0 heterocycles. The third kappa shape index (κ3) is 7.05. The zero-order valence-electron chi connectivity index (χ0n) is 17.8. The molecule has 2 unspecified atom stereocenters. The topological polar surface area (TPSA) is 95.6 Å². The van der Waals surface area contributed by atoms with Crippen LogP contribution < -0.4 is 10.6 Å². The molecule has 0 radical (unpaired) electrons. The summed E-state index contributed by atoms with van der Waals surface area (Å²) >= 11 is 1.18. The van der Waals surface area contributed by atoms with E-state index in [0.29, 0.717) is 5.69 Å². The smallest absolute Gasteiger partial charge is 0.242 e. The zero-order chi connectivity index (χ0) is 23.2. The third-order valence-electron chi connectivity index (χ3n) is 4.48. The number of rotatable bonds is 9. The quantitative estimate of drug-likeness (QED) is 0.591. The Bertz CT molecular complexity index is 1010. The van der Waals surface area contributed by atoms with Crippen LogP contribution in [0.2, 0.25) is 0 Å². The van der Waals surface area contributed by atoms with Gasteiger partial charge in [-0.25, -0.2) is 17.1 Å². The minimum Gasteiger partial charge on any atom is -0.349 e. The summed E-state index contributed by atoms with van der Waals surface area (Å²) in [7, 11) is -0.583. The highest BCUT2D eigenvalue weighted by Gasteiger charge is 2.20. The van der Waals surface area contributed by atoms with E-state index in [1.807, 2.05) is 0 Å². The van der Waals surface area contributed by atoms with Crippen molar-refractivity contribution < 1.29 is 22.4 Å². The highest BCUT2D eigenvalue weighted by Crippen LogP contribution is 2.19. The monoisotopic (exact) mass is 467 g/mol. The van der Waals surface area contributed by atoms with Crippen LogP contribution in [0.15, 0.2) is 53.4 Å². The van der Waals surface area contributed by atoms with Gasteiger partial charge in [0, 0.05) is 19.8 Å². The van der Waals surface area contributed by atoms with Crippen molar-refractivity contribution in [3.63, 3.8) is 0 Å². The van der Waals surface area contributed by atoms with Crippen molar-refractivity contribution in [3.05, 3.63) is 59.9 Å². The fraction of sp³-hybridized carbons (Fsp3) is 0.333. The maximum atomic E-state index is 12.9. The van der Waals surface area contributed by atoms with E-state index in [0.717, 1.165) is 9.87 Å².